The molecule has 12 N–H and O–H groups in total. The number of anilines is 4. The summed E-state index contributed by atoms with van der Waals surface area (Å²) in [6, 6.07) is 9.91. The predicted octanol–water partition coefficient (Wildman–Crippen LogP) is 9.96. The Morgan fingerprint density at radius 1 is 0.526 bits per heavy atom. The number of hydrogen-bond donors (Lipinski definition) is 8. The lowest BCUT2D eigenvalue weighted by molar-refractivity contribution is -0.385. The largest absolute Gasteiger partial charge is 0.519 e. The third kappa shape index (κ3) is 23.7. The van der Waals surface area contributed by atoms with Crippen LogP contribution in [0.2, 0.25) is 18.1 Å². The molecule has 12 aromatic rings. The molecule has 16 rings (SSSR count). The maximum absolute atomic E-state index is 13.7. The van der Waals surface area contributed by atoms with Crippen LogP contribution in [0.3, 0.4) is 0 Å². The Bertz CT molecular complexity index is 6600. The van der Waals surface area contributed by atoms with Crippen LogP contribution in [0.15, 0.2) is 101 Å². The number of benzene rings is 2. The van der Waals surface area contributed by atoms with E-state index in [0.717, 1.165) is 0 Å². The second kappa shape index (κ2) is 43.2. The lowest BCUT2D eigenvalue weighted by Gasteiger charge is -2.29. The first-order chi connectivity index (χ1) is 64.6. The smallest absolute Gasteiger partial charge is 0.427 e. The number of hydrogen-bond acceptors (Lipinski definition) is 42. The van der Waals surface area contributed by atoms with Crippen molar-refractivity contribution in [2.45, 2.75) is 203 Å². The molecule has 4 saturated heterocycles. The molecule has 10 aromatic heterocycles. The van der Waals surface area contributed by atoms with E-state index >= 15 is 0 Å². The molecule has 14 heterocycles. The summed E-state index contributed by atoms with van der Waals surface area (Å²) in [5.41, 5.74) is 17.7. The number of aromatic nitrogens is 16. The van der Waals surface area contributed by atoms with Gasteiger partial charge in [-0.3, -0.25) is 38.5 Å². The van der Waals surface area contributed by atoms with Gasteiger partial charge in [0.2, 0.25) is 0 Å². The van der Waals surface area contributed by atoms with Gasteiger partial charge in [0, 0.05) is 61.5 Å². The predicted molar refractivity (Wildman–Crippen MR) is 471 cm³/mol. The number of halogens is 6. The molecule has 137 heavy (non-hydrogen) atoms. The Labute approximate surface area is 780 Å². The van der Waals surface area contributed by atoms with Crippen LogP contribution in [0.5, 0.6) is 11.5 Å². The minimum absolute atomic E-state index is 0.0477. The summed E-state index contributed by atoms with van der Waals surface area (Å²) in [7, 11) is -1.39. The number of nitro groups is 2. The van der Waals surface area contributed by atoms with Gasteiger partial charge in [-0.15, -0.1) is 25.7 Å². The number of non-ortho nitro benzene ring substituents is 2. The van der Waals surface area contributed by atoms with E-state index < -0.39 is 149 Å². The molecule has 0 saturated carbocycles. The number of carbonyl (C=O) groups is 3. The van der Waals surface area contributed by atoms with Crippen molar-refractivity contribution >= 4 is 127 Å². The lowest BCUT2D eigenvalue weighted by atomic mass is 9.94. The highest BCUT2D eigenvalue weighted by Crippen LogP contribution is 2.46. The van der Waals surface area contributed by atoms with Gasteiger partial charge in [0.15, 0.2) is 122 Å². The molecule has 55 heteroatoms. The molecule has 48 nitrogen and oxygen atoms in total. The fourth-order valence-electron chi connectivity index (χ4n) is 13.3. The summed E-state index contributed by atoms with van der Waals surface area (Å²) in [5.74, 6) is 8.73. The number of terminal acetylenes is 4. The van der Waals surface area contributed by atoms with Crippen LogP contribution in [0.25, 0.3) is 44.7 Å². The SMILES string of the molecule is C#C[C@]1(CC)O[C@@H](n2cnc3c(N)nc(F)nc32)C[C@@H]1O.C#C[C@]1(CC)O[C@@H](n2cnc3c(N)nc(F)nc32)C[C@@H]1OC(=O)OCc1oc(=O)oc1C.C#C[C@]1(CC)O[C@@H](n2cnc3c(N)nc(F)nc32)C[C@@H]1OC(=O)Oc1ccc([N+](=O)[O-])cc1.C#C[C@]1(CO)O[C@@H](n2cnc3c(N)nc(F)nc32)C[C@@H]1O.CC(C)(C)[Si](C)(C)Cl.Cc1oc(=O)oc1CO.O=C(Cl)Oc1ccc([N+](=O)[O-])cc1. The summed E-state index contributed by atoms with van der Waals surface area (Å²) in [5, 5.41) is 59.2. The van der Waals surface area contributed by atoms with Crippen LogP contribution in [0.4, 0.5) is 66.6 Å². The van der Waals surface area contributed by atoms with Gasteiger partial charge in [-0.05, 0) is 62.4 Å². The van der Waals surface area contributed by atoms with Gasteiger partial charge in [-0.1, -0.05) is 78.3 Å². The molecule has 4 aliphatic rings. The van der Waals surface area contributed by atoms with E-state index in [9.17, 15) is 77.1 Å². The Balaban J connectivity index is 0.000000173. The monoisotopic (exact) mass is 1970 g/mol. The number of carbonyl (C=O) groups excluding carboxylic acids is 3. The Kier molecular flexibility index (Phi) is 32.9. The van der Waals surface area contributed by atoms with E-state index in [2.05, 4.69) is 131 Å². The van der Waals surface area contributed by atoms with Gasteiger partial charge in [0.1, 0.15) is 67.1 Å². The maximum Gasteiger partial charge on any atom is 0.519 e. The highest BCUT2D eigenvalue weighted by atomic mass is 35.6. The van der Waals surface area contributed by atoms with E-state index in [-0.39, 0.29) is 153 Å². The average molecular weight is 1970 g/mol. The van der Waals surface area contributed by atoms with Crippen molar-refractivity contribution in [2.24, 2.45) is 0 Å². The van der Waals surface area contributed by atoms with Crippen molar-refractivity contribution in [1.82, 2.24) is 78.1 Å². The molecule has 0 unspecified atom stereocenters. The Hall–Kier alpha value is -14.9. The molecule has 4 fully saturated rings. The van der Waals surface area contributed by atoms with Crippen LogP contribution >= 0.6 is 22.7 Å². The highest BCUT2D eigenvalue weighted by molar-refractivity contribution is 7.20. The van der Waals surface area contributed by atoms with Gasteiger partial charge in [-0.2, -0.15) is 68.5 Å². The Morgan fingerprint density at radius 2 is 0.832 bits per heavy atom. The fraction of sp³-hybridized carbons (Fsp3) is 0.402. The topological polar surface area (TPSA) is 667 Å². The number of rotatable bonds is 17. The number of aliphatic hydroxyl groups is 4. The summed E-state index contributed by atoms with van der Waals surface area (Å²) in [4.78, 5) is 121. The third-order valence-electron chi connectivity index (χ3n) is 21.8. The summed E-state index contributed by atoms with van der Waals surface area (Å²) in [6.45, 7) is 18.1. The molecule has 2 aromatic carbocycles. The van der Waals surface area contributed by atoms with E-state index in [1.807, 2.05) is 6.92 Å². The van der Waals surface area contributed by atoms with Crippen LogP contribution in [0, 0.1) is 108 Å². The third-order valence-corrected chi connectivity index (χ3v) is 27.1. The van der Waals surface area contributed by atoms with E-state index in [4.69, 9.17) is 123 Å². The average Bonchev–Trinajstić information content (AvgIpc) is 1.62. The van der Waals surface area contributed by atoms with Crippen LogP contribution in [0.1, 0.15) is 134 Å². The fourth-order valence-corrected chi connectivity index (χ4v) is 13.4. The number of nitrogen functional groups attached to an aromatic ring is 4. The number of aliphatic hydroxyl groups excluding tert-OH is 4. The molecule has 0 aliphatic carbocycles. The molecular weight excluding hydrogens is 1880 g/mol. The van der Waals surface area contributed by atoms with Gasteiger partial charge in [0.05, 0.1) is 47.9 Å². The zero-order valence-electron chi connectivity index (χ0n) is 73.8. The van der Waals surface area contributed by atoms with Crippen LogP contribution < -0.4 is 44.1 Å². The van der Waals surface area contributed by atoms with Crippen molar-refractivity contribution in [1.29, 1.82) is 0 Å². The van der Waals surface area contributed by atoms with Crippen molar-refractivity contribution < 1.29 is 123 Å². The van der Waals surface area contributed by atoms with Gasteiger partial charge < -0.3 is 104 Å². The number of nitrogens with zero attached hydrogens (tertiary/aromatic N) is 18. The molecule has 0 spiro atoms. The number of imidazole rings is 4. The summed E-state index contributed by atoms with van der Waals surface area (Å²) >= 11 is 11.1. The molecule has 4 aliphatic heterocycles. The van der Waals surface area contributed by atoms with Gasteiger partial charge in [0.25, 0.3) is 11.4 Å². The minimum Gasteiger partial charge on any atom is -0.427 e. The standard InChI is InChI=1S/C20H17FN6O6.C19H18FN5O7.C13H14FN5O2.C12H12FN5O3.C7H4ClNO4.C6H15ClSi.C5H6O4/c1-3-20(4-2)13(32-19(28)31-12-7-5-11(6-8-12)27(29)30)9-14(33-20)26-10-23-15-16(22)24-18(21)25-17(15)26;1-4-19(5-2)11(31-17(26)28-7-10-9(3)29-18(27)30-10)6-12(32-19)25-8-22-13-14(21)23-16(20)24-15(13)25;1-3-13(4-2)7(20)5-8(21-13)19-6-16-9-10(15)17-12(14)18-11(9)19;1-2-12(4-19)6(20)3-7(21-12)18-5-15-8-9(14)16-11(13)17-10(8)18;8-7(10)13-6-3-1-5(2-4-6)9(11)12;1-6(2,3)8(4,5)7;1-3-4(2-6)9-5(7)8-3/h1,5-8,10,13-14H,4,9H2,2H3,(H2,22,24,25);1,8,11-12H,5-7H2,2-3H3,(H2,21,23,24);1,6-8,20H,4-5H2,2H3,(H2,15,17,18);1,5-7,19-20H,3-4H2,(H2,14,16,17);1-4H;1-5H3;6H,2H2,1H3/t13-,14+,20+;11-,12+,19+;7-,8+,13+;6-,7+,12+;;;/m0000.../s1. The van der Waals surface area contributed by atoms with E-state index in [1.54, 1.807) is 20.8 Å². The summed E-state index contributed by atoms with van der Waals surface area (Å²) in [6.07, 6.45) is 16.6. The molecule has 0 bridgehead atoms. The first-order valence-corrected chi connectivity index (χ1v) is 44.8. The number of fused-ring (bicyclic) bond motifs is 4. The summed E-state index contributed by atoms with van der Waals surface area (Å²) < 4.78 is 127. The lowest BCUT2D eigenvalue weighted by Crippen LogP contribution is -2.41. The number of ether oxygens (including phenoxy) is 9. The Morgan fingerprint density at radius 3 is 1.10 bits per heavy atom. The highest BCUT2D eigenvalue weighted by Gasteiger charge is 2.53. The van der Waals surface area contributed by atoms with Gasteiger partial charge >= 0.3 is 53.7 Å². The number of aryl methyl sites for hydroxylation is 2. The van der Waals surface area contributed by atoms with Crippen LogP contribution in [-0.4, -0.2) is 187 Å². The second-order valence-corrected chi connectivity index (χ2v) is 38.7. The van der Waals surface area contributed by atoms with Crippen LogP contribution in [-0.2, 0) is 46.4 Å². The first-order valence-electron chi connectivity index (χ1n) is 40.4. The normalized spacial score (nSPS) is 21.8. The van der Waals surface area contributed by atoms with Crippen molar-refractivity contribution in [3.8, 4) is 60.9 Å². The molecule has 0 radical (unpaired) electrons. The number of nitro benzene ring substituents is 2. The number of nitrogens with two attached hydrogens (primary N) is 4. The molecule has 12 atom stereocenters. The zero-order chi connectivity index (χ0) is 101. The van der Waals surface area contributed by atoms with E-state index in [0.29, 0.717) is 23.6 Å². The van der Waals surface area contributed by atoms with Crippen molar-refractivity contribution in [3.05, 3.63) is 163 Å². The van der Waals surface area contributed by atoms with Crippen molar-refractivity contribution in [3.63, 3.8) is 0 Å². The van der Waals surface area contributed by atoms with Gasteiger partial charge in [-0.25, -0.2) is 43.9 Å². The quantitative estimate of drug-likeness (QED) is 0.00401. The molecule has 726 valence electrons. The zero-order valence-corrected chi connectivity index (χ0v) is 76.3. The second-order valence-electron chi connectivity index (χ2n) is 31.1. The molecule has 0 amide bonds. The van der Waals surface area contributed by atoms with E-state index in [1.165, 1.54) is 99.0 Å². The minimum atomic E-state index is -1.50. The maximum atomic E-state index is 13.7. The molecular formula is C82H86Cl2F4N22O26Si. The first kappa shape index (κ1) is 104. The van der Waals surface area contributed by atoms with Crippen molar-refractivity contribution in [2.75, 3.05) is 29.5 Å².